The van der Waals surface area contributed by atoms with Crippen LogP contribution < -0.4 is 10.3 Å². The molecule has 108 valence electrons. The second-order valence-electron chi connectivity index (χ2n) is 4.65. The second-order valence-corrected chi connectivity index (χ2v) is 4.65. The minimum Gasteiger partial charge on any atom is -0.482 e. The van der Waals surface area contributed by atoms with Crippen molar-refractivity contribution in [3.63, 3.8) is 0 Å². The zero-order valence-electron chi connectivity index (χ0n) is 11.5. The predicted octanol–water partition coefficient (Wildman–Crippen LogP) is 1.62. The van der Waals surface area contributed by atoms with Crippen molar-refractivity contribution in [3.8, 4) is 5.75 Å². The Balaban J connectivity index is 1.84. The van der Waals surface area contributed by atoms with E-state index in [1.165, 1.54) is 6.20 Å². The van der Waals surface area contributed by atoms with Gasteiger partial charge in [0.05, 0.1) is 6.61 Å². The van der Waals surface area contributed by atoms with Gasteiger partial charge in [0.1, 0.15) is 17.1 Å². The minimum absolute atomic E-state index is 0.101. The van der Waals surface area contributed by atoms with Crippen LogP contribution in [0.15, 0.2) is 35.3 Å². The number of fused-ring (bicyclic) bond motifs is 1. The van der Waals surface area contributed by atoms with E-state index in [4.69, 9.17) is 9.47 Å². The monoisotopic (exact) mass is 286 g/mol. The standard InChI is InChI=1S/C15H14N2O4/c1-2-20-15(19)10-8-16-13(17-14(10)18)12-7-9-5-3-4-6-11(9)21-12/h3-6,8,12H,2,7H2,1H3,(H,16,17,18). The number of benzene rings is 1. The van der Waals surface area contributed by atoms with E-state index in [2.05, 4.69) is 9.97 Å². The van der Waals surface area contributed by atoms with Crippen molar-refractivity contribution < 1.29 is 14.3 Å². The highest BCUT2D eigenvalue weighted by molar-refractivity contribution is 5.88. The fraction of sp³-hybridized carbons (Fsp3) is 0.267. The van der Waals surface area contributed by atoms with Crippen LogP contribution in [0.3, 0.4) is 0 Å². The first kappa shape index (κ1) is 13.4. The number of aromatic nitrogens is 2. The molecule has 0 fully saturated rings. The second kappa shape index (κ2) is 5.40. The normalized spacial score (nSPS) is 16.1. The molecule has 0 spiro atoms. The quantitative estimate of drug-likeness (QED) is 0.867. The zero-order chi connectivity index (χ0) is 14.8. The summed E-state index contributed by atoms with van der Waals surface area (Å²) in [5, 5.41) is 0. The van der Waals surface area contributed by atoms with Crippen molar-refractivity contribution in [2.45, 2.75) is 19.4 Å². The van der Waals surface area contributed by atoms with Crippen molar-refractivity contribution in [2.24, 2.45) is 0 Å². The smallest absolute Gasteiger partial charge is 0.345 e. The van der Waals surface area contributed by atoms with Crippen LogP contribution in [0.2, 0.25) is 0 Å². The Kier molecular flexibility index (Phi) is 3.43. The van der Waals surface area contributed by atoms with Crippen molar-refractivity contribution in [1.82, 2.24) is 9.97 Å². The van der Waals surface area contributed by atoms with Gasteiger partial charge in [0, 0.05) is 12.6 Å². The third kappa shape index (κ3) is 2.52. The summed E-state index contributed by atoms with van der Waals surface area (Å²) in [5.41, 5.74) is 0.453. The van der Waals surface area contributed by atoms with Crippen molar-refractivity contribution in [2.75, 3.05) is 6.61 Å². The van der Waals surface area contributed by atoms with E-state index in [-0.39, 0.29) is 18.3 Å². The molecule has 1 aromatic heterocycles. The number of rotatable bonds is 3. The number of nitrogens with one attached hydrogen (secondary N) is 1. The molecule has 0 saturated heterocycles. The zero-order valence-corrected chi connectivity index (χ0v) is 11.5. The molecule has 6 heteroatoms. The summed E-state index contributed by atoms with van der Waals surface area (Å²) in [7, 11) is 0. The highest BCUT2D eigenvalue weighted by Gasteiger charge is 2.26. The first-order valence-corrected chi connectivity index (χ1v) is 6.70. The van der Waals surface area contributed by atoms with Gasteiger partial charge < -0.3 is 14.5 Å². The molecule has 1 unspecified atom stereocenters. The maximum Gasteiger partial charge on any atom is 0.345 e. The average molecular weight is 286 g/mol. The summed E-state index contributed by atoms with van der Waals surface area (Å²) >= 11 is 0. The number of carbonyl (C=O) groups is 1. The molecule has 3 rings (SSSR count). The predicted molar refractivity (Wildman–Crippen MR) is 74.3 cm³/mol. The summed E-state index contributed by atoms with van der Waals surface area (Å²) in [5.74, 6) is 0.525. The van der Waals surface area contributed by atoms with Gasteiger partial charge in [0.2, 0.25) is 0 Å². The number of ether oxygens (including phenoxy) is 2. The van der Waals surface area contributed by atoms with Gasteiger partial charge in [-0.2, -0.15) is 0 Å². The number of carbonyl (C=O) groups excluding carboxylic acids is 1. The van der Waals surface area contributed by atoms with E-state index in [1.54, 1.807) is 6.92 Å². The number of nitrogens with zero attached hydrogens (tertiary/aromatic N) is 1. The summed E-state index contributed by atoms with van der Waals surface area (Å²) in [6.45, 7) is 1.89. The summed E-state index contributed by atoms with van der Waals surface area (Å²) in [6, 6.07) is 7.67. The molecular weight excluding hydrogens is 272 g/mol. The molecule has 2 heterocycles. The molecule has 2 aromatic rings. The van der Waals surface area contributed by atoms with Gasteiger partial charge in [0.25, 0.3) is 5.56 Å². The van der Waals surface area contributed by atoms with E-state index in [0.29, 0.717) is 12.2 Å². The van der Waals surface area contributed by atoms with E-state index in [0.717, 1.165) is 11.3 Å². The Morgan fingerprint density at radius 2 is 2.29 bits per heavy atom. The molecule has 6 nitrogen and oxygen atoms in total. The summed E-state index contributed by atoms with van der Waals surface area (Å²) in [4.78, 5) is 30.2. The highest BCUT2D eigenvalue weighted by atomic mass is 16.5. The molecule has 1 N–H and O–H groups in total. The third-order valence-corrected chi connectivity index (χ3v) is 3.27. The number of H-pyrrole nitrogens is 1. The molecule has 0 saturated carbocycles. The highest BCUT2D eigenvalue weighted by Crippen LogP contribution is 2.34. The minimum atomic E-state index is -0.673. The number of hydrogen-bond acceptors (Lipinski definition) is 5. The lowest BCUT2D eigenvalue weighted by atomic mass is 10.1. The van der Waals surface area contributed by atoms with Crippen LogP contribution in [0.25, 0.3) is 0 Å². The average Bonchev–Trinajstić information content (AvgIpc) is 2.91. The lowest BCUT2D eigenvalue weighted by molar-refractivity contribution is 0.0523. The van der Waals surface area contributed by atoms with Crippen molar-refractivity contribution in [3.05, 3.63) is 57.8 Å². The first-order valence-electron chi connectivity index (χ1n) is 6.70. The molecule has 0 aliphatic carbocycles. The van der Waals surface area contributed by atoms with Gasteiger partial charge in [0.15, 0.2) is 6.10 Å². The van der Waals surface area contributed by atoms with Crippen LogP contribution in [-0.4, -0.2) is 22.5 Å². The van der Waals surface area contributed by atoms with Crippen LogP contribution in [0.5, 0.6) is 5.75 Å². The van der Waals surface area contributed by atoms with E-state index >= 15 is 0 Å². The molecule has 21 heavy (non-hydrogen) atoms. The Morgan fingerprint density at radius 3 is 3.00 bits per heavy atom. The topological polar surface area (TPSA) is 81.3 Å². The fourth-order valence-corrected chi connectivity index (χ4v) is 2.26. The largest absolute Gasteiger partial charge is 0.482 e. The Hall–Kier alpha value is -2.63. The lowest BCUT2D eigenvalue weighted by Crippen LogP contribution is -2.24. The van der Waals surface area contributed by atoms with Crippen molar-refractivity contribution >= 4 is 5.97 Å². The van der Waals surface area contributed by atoms with Crippen LogP contribution in [0.1, 0.15) is 34.8 Å². The van der Waals surface area contributed by atoms with Crippen LogP contribution in [0.4, 0.5) is 0 Å². The van der Waals surface area contributed by atoms with Gasteiger partial charge >= 0.3 is 5.97 Å². The van der Waals surface area contributed by atoms with E-state index < -0.39 is 11.5 Å². The van der Waals surface area contributed by atoms with Gasteiger partial charge in [-0.1, -0.05) is 18.2 Å². The van der Waals surface area contributed by atoms with Gasteiger partial charge in [-0.15, -0.1) is 0 Å². The number of aromatic amines is 1. The van der Waals surface area contributed by atoms with Crippen LogP contribution >= 0.6 is 0 Å². The molecule has 1 aromatic carbocycles. The summed E-state index contributed by atoms with van der Waals surface area (Å²) < 4.78 is 10.5. The molecular formula is C15H14N2O4. The lowest BCUT2D eigenvalue weighted by Gasteiger charge is -2.10. The number of para-hydroxylation sites is 1. The Morgan fingerprint density at radius 1 is 1.48 bits per heavy atom. The molecule has 0 amide bonds. The molecule has 1 atom stereocenters. The van der Waals surface area contributed by atoms with E-state index in [1.807, 2.05) is 24.3 Å². The number of esters is 1. The molecule has 0 bridgehead atoms. The van der Waals surface area contributed by atoms with Gasteiger partial charge in [-0.3, -0.25) is 4.79 Å². The first-order chi connectivity index (χ1) is 10.2. The maximum absolute atomic E-state index is 11.9. The van der Waals surface area contributed by atoms with E-state index in [9.17, 15) is 9.59 Å². The third-order valence-electron chi connectivity index (χ3n) is 3.27. The number of hydrogen-bond donors (Lipinski definition) is 1. The SMILES string of the molecule is CCOC(=O)c1cnc(C2Cc3ccccc3O2)[nH]c1=O. The van der Waals surface area contributed by atoms with Gasteiger partial charge in [-0.25, -0.2) is 9.78 Å². The van der Waals surface area contributed by atoms with Crippen molar-refractivity contribution in [1.29, 1.82) is 0 Å². The Bertz CT molecular complexity index is 713. The van der Waals surface area contributed by atoms with Crippen LogP contribution in [0, 0.1) is 0 Å². The Labute approximate surface area is 120 Å². The summed E-state index contributed by atoms with van der Waals surface area (Å²) in [6.07, 6.45) is 1.53. The van der Waals surface area contributed by atoms with Crippen LogP contribution in [-0.2, 0) is 11.2 Å². The fourth-order valence-electron chi connectivity index (χ4n) is 2.26. The molecule has 1 aliphatic rings. The maximum atomic E-state index is 11.9. The molecule has 1 aliphatic heterocycles. The molecule has 0 radical (unpaired) electrons. The van der Waals surface area contributed by atoms with Gasteiger partial charge in [-0.05, 0) is 18.6 Å².